The van der Waals surface area contributed by atoms with Crippen molar-refractivity contribution in [1.82, 2.24) is 14.5 Å². The summed E-state index contributed by atoms with van der Waals surface area (Å²) < 4.78 is 1.41. The molecule has 0 bridgehead atoms. The Morgan fingerprint density at radius 2 is 2.12 bits per heavy atom. The van der Waals surface area contributed by atoms with E-state index in [4.69, 9.17) is 0 Å². The molecule has 0 fully saturated rings. The number of rotatable bonds is 5. The third kappa shape index (κ3) is 3.30. The number of amides is 1. The van der Waals surface area contributed by atoms with E-state index in [1.165, 1.54) is 10.8 Å². The molecule has 6 heteroatoms. The molecule has 0 atom stereocenters. The van der Waals surface area contributed by atoms with Crippen molar-refractivity contribution in [3.05, 3.63) is 22.7 Å². The van der Waals surface area contributed by atoms with Crippen molar-refractivity contribution in [3.8, 4) is 0 Å². The van der Waals surface area contributed by atoms with Crippen LogP contribution in [0.4, 0.5) is 5.82 Å². The number of carbonyl (C=O) groups excluding carboxylic acids is 1. The number of nitrogens with one attached hydrogen (secondary N) is 1. The predicted molar refractivity (Wildman–Crippen MR) is 65.9 cm³/mol. The molecular weight excluding hydrogens is 220 g/mol. The average Bonchev–Trinajstić information content (AvgIpc) is 2.32. The monoisotopic (exact) mass is 238 g/mol. The highest BCUT2D eigenvalue weighted by molar-refractivity contribution is 5.80. The topological polar surface area (TPSA) is 67.2 Å². The van der Waals surface area contributed by atoms with Crippen LogP contribution in [0.3, 0.4) is 0 Å². The van der Waals surface area contributed by atoms with Crippen molar-refractivity contribution in [2.24, 2.45) is 7.05 Å². The summed E-state index contributed by atoms with van der Waals surface area (Å²) in [6.45, 7) is 5.25. The Balaban J connectivity index is 2.65. The largest absolute Gasteiger partial charge is 0.356 e. The lowest BCUT2D eigenvalue weighted by atomic mass is 10.4. The Bertz CT molecular complexity index is 437. The van der Waals surface area contributed by atoms with E-state index in [1.807, 2.05) is 13.8 Å². The second-order valence-corrected chi connectivity index (χ2v) is 3.61. The molecule has 0 aromatic carbocycles. The number of likely N-dealkylation sites (N-methyl/N-ethyl adjacent to an activating group) is 1. The fourth-order valence-corrected chi connectivity index (χ4v) is 1.47. The molecule has 1 heterocycles. The van der Waals surface area contributed by atoms with Gasteiger partial charge in [-0.3, -0.25) is 9.59 Å². The van der Waals surface area contributed by atoms with Gasteiger partial charge < -0.3 is 14.8 Å². The van der Waals surface area contributed by atoms with Gasteiger partial charge in [0.15, 0.2) is 5.82 Å². The Morgan fingerprint density at radius 1 is 1.47 bits per heavy atom. The molecule has 1 N–H and O–H groups in total. The minimum Gasteiger partial charge on any atom is -0.356 e. The number of nitrogens with zero attached hydrogens (tertiary/aromatic N) is 3. The smallest absolute Gasteiger partial charge is 0.293 e. The van der Waals surface area contributed by atoms with Crippen LogP contribution in [0.1, 0.15) is 13.8 Å². The summed E-state index contributed by atoms with van der Waals surface area (Å²) >= 11 is 0. The first-order chi connectivity index (χ1) is 8.10. The molecule has 0 unspecified atom stereocenters. The van der Waals surface area contributed by atoms with Gasteiger partial charge in [-0.15, -0.1) is 0 Å². The van der Waals surface area contributed by atoms with Gasteiger partial charge in [0.2, 0.25) is 5.91 Å². The molecular formula is C11H18N4O2. The number of hydrogen-bond donors (Lipinski definition) is 1. The van der Waals surface area contributed by atoms with E-state index in [-0.39, 0.29) is 23.8 Å². The van der Waals surface area contributed by atoms with Crippen molar-refractivity contribution in [2.45, 2.75) is 13.8 Å². The van der Waals surface area contributed by atoms with E-state index in [0.717, 1.165) is 0 Å². The first-order valence-corrected chi connectivity index (χ1v) is 5.63. The van der Waals surface area contributed by atoms with Gasteiger partial charge in [0.05, 0.1) is 6.54 Å². The molecule has 0 spiro atoms. The van der Waals surface area contributed by atoms with Gasteiger partial charge in [0, 0.05) is 32.5 Å². The van der Waals surface area contributed by atoms with Crippen LogP contribution in [0.25, 0.3) is 0 Å². The Hall–Kier alpha value is -1.85. The van der Waals surface area contributed by atoms with E-state index in [1.54, 1.807) is 18.1 Å². The maximum Gasteiger partial charge on any atom is 0.293 e. The first kappa shape index (κ1) is 13.2. The highest BCUT2D eigenvalue weighted by Crippen LogP contribution is 1.93. The zero-order valence-electron chi connectivity index (χ0n) is 10.4. The zero-order valence-corrected chi connectivity index (χ0v) is 10.4. The second-order valence-electron chi connectivity index (χ2n) is 3.61. The standard InChI is InChI=1S/C11H18N4O2/c1-4-15(5-2)9(16)8-13-10-11(17)14(3)7-6-12-10/h6-7H,4-5,8H2,1-3H3,(H,12,13). The molecule has 1 rings (SSSR count). The van der Waals surface area contributed by atoms with Crippen LogP contribution in [-0.4, -0.2) is 40.0 Å². The summed E-state index contributed by atoms with van der Waals surface area (Å²) in [7, 11) is 1.64. The molecule has 1 amide bonds. The van der Waals surface area contributed by atoms with Crippen LogP contribution in [-0.2, 0) is 11.8 Å². The van der Waals surface area contributed by atoms with Crippen molar-refractivity contribution in [2.75, 3.05) is 25.0 Å². The quantitative estimate of drug-likeness (QED) is 0.787. The molecule has 17 heavy (non-hydrogen) atoms. The maximum atomic E-state index is 11.7. The van der Waals surface area contributed by atoms with Gasteiger partial charge in [0.1, 0.15) is 0 Å². The van der Waals surface area contributed by atoms with Crippen LogP contribution < -0.4 is 10.9 Å². The normalized spacial score (nSPS) is 10.1. The minimum absolute atomic E-state index is 0.0392. The molecule has 1 aromatic rings. The van der Waals surface area contributed by atoms with Crippen LogP contribution in [0.5, 0.6) is 0 Å². The molecule has 0 saturated heterocycles. The molecule has 0 aliphatic rings. The van der Waals surface area contributed by atoms with E-state index in [0.29, 0.717) is 13.1 Å². The molecule has 0 aliphatic heterocycles. The van der Waals surface area contributed by atoms with Crippen molar-refractivity contribution < 1.29 is 4.79 Å². The molecule has 0 saturated carbocycles. The first-order valence-electron chi connectivity index (χ1n) is 5.63. The Morgan fingerprint density at radius 3 is 2.71 bits per heavy atom. The summed E-state index contributed by atoms with van der Waals surface area (Å²) in [5.74, 6) is 0.165. The SMILES string of the molecule is CCN(CC)C(=O)CNc1nccn(C)c1=O. The number of aromatic nitrogens is 2. The van der Waals surface area contributed by atoms with Crippen molar-refractivity contribution in [1.29, 1.82) is 0 Å². The summed E-state index contributed by atoms with van der Waals surface area (Å²) in [5.41, 5.74) is -0.236. The number of carbonyl (C=O) groups is 1. The minimum atomic E-state index is -0.236. The van der Waals surface area contributed by atoms with Crippen LogP contribution in [0.2, 0.25) is 0 Å². The molecule has 0 radical (unpaired) electrons. The van der Waals surface area contributed by atoms with Crippen LogP contribution in [0, 0.1) is 0 Å². The van der Waals surface area contributed by atoms with Gasteiger partial charge in [-0.2, -0.15) is 0 Å². The van der Waals surface area contributed by atoms with Gasteiger partial charge in [-0.05, 0) is 13.8 Å². The van der Waals surface area contributed by atoms with Gasteiger partial charge >= 0.3 is 0 Å². The lowest BCUT2D eigenvalue weighted by molar-refractivity contribution is -0.128. The lowest BCUT2D eigenvalue weighted by Gasteiger charge is -2.18. The van der Waals surface area contributed by atoms with E-state index < -0.39 is 0 Å². The second kappa shape index (κ2) is 6.03. The maximum absolute atomic E-state index is 11.7. The summed E-state index contributed by atoms with van der Waals surface area (Å²) in [6, 6.07) is 0. The zero-order chi connectivity index (χ0) is 12.8. The Labute approximate surface area is 100 Å². The third-order valence-electron chi connectivity index (χ3n) is 2.54. The van der Waals surface area contributed by atoms with Gasteiger partial charge in [0.25, 0.3) is 5.56 Å². The average molecular weight is 238 g/mol. The lowest BCUT2D eigenvalue weighted by Crippen LogP contribution is -2.36. The molecule has 0 aliphatic carbocycles. The Kier molecular flexibility index (Phi) is 4.68. The number of anilines is 1. The molecule has 94 valence electrons. The fourth-order valence-electron chi connectivity index (χ4n) is 1.47. The predicted octanol–water partition coefficient (Wildman–Crippen LogP) is 0.0606. The number of hydrogen-bond acceptors (Lipinski definition) is 4. The van der Waals surface area contributed by atoms with E-state index in [9.17, 15) is 9.59 Å². The van der Waals surface area contributed by atoms with Gasteiger partial charge in [-0.1, -0.05) is 0 Å². The van der Waals surface area contributed by atoms with E-state index in [2.05, 4.69) is 10.3 Å². The molecule has 1 aromatic heterocycles. The third-order valence-corrected chi connectivity index (χ3v) is 2.54. The summed E-state index contributed by atoms with van der Waals surface area (Å²) in [5, 5.41) is 2.77. The highest BCUT2D eigenvalue weighted by Gasteiger charge is 2.10. The fraction of sp³-hybridized carbons (Fsp3) is 0.545. The van der Waals surface area contributed by atoms with E-state index >= 15 is 0 Å². The molecule has 6 nitrogen and oxygen atoms in total. The highest BCUT2D eigenvalue weighted by atomic mass is 16.2. The van der Waals surface area contributed by atoms with Crippen LogP contribution in [0.15, 0.2) is 17.2 Å². The van der Waals surface area contributed by atoms with Crippen molar-refractivity contribution >= 4 is 11.7 Å². The summed E-state index contributed by atoms with van der Waals surface area (Å²) in [6.07, 6.45) is 3.09. The van der Waals surface area contributed by atoms with Crippen LogP contribution >= 0.6 is 0 Å². The number of aryl methyl sites for hydroxylation is 1. The van der Waals surface area contributed by atoms with Gasteiger partial charge in [-0.25, -0.2) is 4.98 Å². The summed E-state index contributed by atoms with van der Waals surface area (Å²) in [4.78, 5) is 28.9. The van der Waals surface area contributed by atoms with Crippen molar-refractivity contribution in [3.63, 3.8) is 0 Å².